The van der Waals surface area contributed by atoms with Gasteiger partial charge in [0.2, 0.25) is 0 Å². The van der Waals surface area contributed by atoms with Gasteiger partial charge in [-0.25, -0.2) is 0 Å². The Morgan fingerprint density at radius 2 is 2.00 bits per heavy atom. The van der Waals surface area contributed by atoms with E-state index in [0.29, 0.717) is 16.2 Å². The van der Waals surface area contributed by atoms with Crippen molar-refractivity contribution in [2.24, 2.45) is 0 Å². The Kier molecular flexibility index (Phi) is 2.79. The molecule has 2 heteroatoms. The number of aliphatic hydroxyl groups is 1. The van der Waals surface area contributed by atoms with Crippen molar-refractivity contribution in [1.82, 2.24) is 0 Å². The summed E-state index contributed by atoms with van der Waals surface area (Å²) in [5, 5.41) is 10.6. The van der Waals surface area contributed by atoms with E-state index in [2.05, 4.69) is 6.58 Å². The third kappa shape index (κ3) is 1.93. The highest BCUT2D eigenvalue weighted by molar-refractivity contribution is 6.31. The van der Waals surface area contributed by atoms with Crippen molar-refractivity contribution in [3.05, 3.63) is 47.0 Å². The average molecular weight is 197 g/mol. The van der Waals surface area contributed by atoms with Gasteiger partial charge in [0.15, 0.2) is 0 Å². The Hall–Kier alpha value is -0.790. The van der Waals surface area contributed by atoms with Crippen LogP contribution in [0.5, 0.6) is 0 Å². The molecule has 1 rings (SSSR count). The standard InChI is InChI=1S/C11H13ClO/c1-8(2)11(3,13)9-6-4-5-7-10(9)12/h4-7,13H,1H2,2-3H3. The van der Waals surface area contributed by atoms with Gasteiger partial charge in [-0.3, -0.25) is 0 Å². The van der Waals surface area contributed by atoms with Gasteiger partial charge >= 0.3 is 0 Å². The van der Waals surface area contributed by atoms with E-state index in [9.17, 15) is 5.11 Å². The fourth-order valence-corrected chi connectivity index (χ4v) is 1.41. The van der Waals surface area contributed by atoms with E-state index >= 15 is 0 Å². The first-order chi connectivity index (χ1) is 5.96. The predicted molar refractivity (Wildman–Crippen MR) is 55.8 cm³/mol. The van der Waals surface area contributed by atoms with Gasteiger partial charge in [0, 0.05) is 10.6 Å². The summed E-state index contributed by atoms with van der Waals surface area (Å²) in [5.41, 5.74) is 0.336. The number of hydrogen-bond acceptors (Lipinski definition) is 1. The fourth-order valence-electron chi connectivity index (χ4n) is 1.09. The van der Waals surface area contributed by atoms with E-state index in [1.54, 1.807) is 26.0 Å². The Labute approximate surface area is 83.7 Å². The Balaban J connectivity index is 3.22. The number of hydrogen-bond donors (Lipinski definition) is 1. The fraction of sp³-hybridized carbons (Fsp3) is 0.273. The van der Waals surface area contributed by atoms with E-state index in [1.807, 2.05) is 12.1 Å². The summed E-state index contributed by atoms with van der Waals surface area (Å²) in [5.74, 6) is 0. The number of benzene rings is 1. The van der Waals surface area contributed by atoms with Crippen LogP contribution in [0.3, 0.4) is 0 Å². The van der Waals surface area contributed by atoms with Crippen LogP contribution in [0.1, 0.15) is 19.4 Å². The summed E-state index contributed by atoms with van der Waals surface area (Å²) in [4.78, 5) is 0. The summed E-state index contributed by atoms with van der Waals surface area (Å²) in [6, 6.07) is 7.24. The molecule has 1 nitrogen and oxygen atoms in total. The van der Waals surface area contributed by atoms with Gasteiger partial charge in [0.25, 0.3) is 0 Å². The lowest BCUT2D eigenvalue weighted by Crippen LogP contribution is -2.22. The summed E-state index contributed by atoms with van der Waals surface area (Å²) < 4.78 is 0. The molecule has 1 atom stereocenters. The molecule has 1 aromatic rings. The maximum Gasteiger partial charge on any atom is 0.109 e. The second-order valence-electron chi connectivity index (χ2n) is 3.33. The quantitative estimate of drug-likeness (QED) is 0.721. The molecular formula is C11H13ClO. The third-order valence-electron chi connectivity index (χ3n) is 2.23. The molecular weight excluding hydrogens is 184 g/mol. The summed E-state index contributed by atoms with van der Waals surface area (Å²) in [6.07, 6.45) is 0. The molecule has 13 heavy (non-hydrogen) atoms. The lowest BCUT2D eigenvalue weighted by Gasteiger charge is -2.25. The largest absolute Gasteiger partial charge is 0.381 e. The molecule has 0 aromatic heterocycles. The SMILES string of the molecule is C=C(C)C(C)(O)c1ccccc1Cl. The van der Waals surface area contributed by atoms with E-state index in [4.69, 9.17) is 11.6 Å². The molecule has 0 heterocycles. The molecule has 0 aliphatic rings. The zero-order chi connectivity index (χ0) is 10.1. The van der Waals surface area contributed by atoms with Crippen LogP contribution in [0, 0.1) is 0 Å². The third-order valence-corrected chi connectivity index (χ3v) is 2.56. The highest BCUT2D eigenvalue weighted by Gasteiger charge is 2.25. The molecule has 0 spiro atoms. The van der Waals surface area contributed by atoms with Crippen molar-refractivity contribution in [3.63, 3.8) is 0 Å². The van der Waals surface area contributed by atoms with Gasteiger partial charge in [0.1, 0.15) is 5.60 Å². The van der Waals surface area contributed by atoms with Crippen LogP contribution in [-0.4, -0.2) is 5.11 Å². The van der Waals surface area contributed by atoms with Crippen LogP contribution in [0.2, 0.25) is 5.02 Å². The normalized spacial score (nSPS) is 15.1. The first-order valence-electron chi connectivity index (χ1n) is 4.09. The van der Waals surface area contributed by atoms with Crippen LogP contribution >= 0.6 is 11.6 Å². The molecule has 0 aliphatic heterocycles. The smallest absolute Gasteiger partial charge is 0.109 e. The number of halogens is 1. The molecule has 0 saturated heterocycles. The molecule has 1 aromatic carbocycles. The molecule has 0 saturated carbocycles. The van der Waals surface area contributed by atoms with Crippen molar-refractivity contribution >= 4 is 11.6 Å². The monoisotopic (exact) mass is 196 g/mol. The van der Waals surface area contributed by atoms with Crippen LogP contribution in [0.15, 0.2) is 36.4 Å². The first kappa shape index (κ1) is 10.3. The number of rotatable bonds is 2. The second kappa shape index (κ2) is 3.52. The van der Waals surface area contributed by atoms with E-state index in [1.165, 1.54) is 0 Å². The minimum Gasteiger partial charge on any atom is -0.381 e. The molecule has 0 aliphatic carbocycles. The summed E-state index contributed by atoms with van der Waals surface area (Å²) in [7, 11) is 0. The van der Waals surface area contributed by atoms with Crippen molar-refractivity contribution in [2.45, 2.75) is 19.4 Å². The van der Waals surface area contributed by atoms with Crippen LogP contribution in [0.25, 0.3) is 0 Å². The van der Waals surface area contributed by atoms with Crippen molar-refractivity contribution in [3.8, 4) is 0 Å². The molecule has 0 fully saturated rings. The Morgan fingerprint density at radius 1 is 1.46 bits per heavy atom. The van der Waals surface area contributed by atoms with Crippen molar-refractivity contribution in [2.75, 3.05) is 0 Å². The zero-order valence-electron chi connectivity index (χ0n) is 7.84. The minimum atomic E-state index is -1.04. The summed E-state index contributed by atoms with van der Waals surface area (Å²) >= 11 is 5.95. The molecule has 70 valence electrons. The second-order valence-corrected chi connectivity index (χ2v) is 3.74. The highest BCUT2D eigenvalue weighted by atomic mass is 35.5. The lowest BCUT2D eigenvalue weighted by atomic mass is 9.90. The maximum atomic E-state index is 10.1. The minimum absolute atomic E-state index is 0.565. The highest BCUT2D eigenvalue weighted by Crippen LogP contribution is 2.32. The molecule has 1 unspecified atom stereocenters. The maximum absolute atomic E-state index is 10.1. The molecule has 1 N–H and O–H groups in total. The van der Waals surface area contributed by atoms with Gasteiger partial charge in [0.05, 0.1) is 0 Å². The van der Waals surface area contributed by atoms with Gasteiger partial charge < -0.3 is 5.11 Å². The van der Waals surface area contributed by atoms with Crippen LogP contribution < -0.4 is 0 Å². The van der Waals surface area contributed by atoms with E-state index in [0.717, 1.165) is 0 Å². The van der Waals surface area contributed by atoms with Crippen molar-refractivity contribution in [1.29, 1.82) is 0 Å². The Bertz CT molecular complexity index is 329. The van der Waals surface area contributed by atoms with E-state index in [-0.39, 0.29) is 0 Å². The van der Waals surface area contributed by atoms with Gasteiger partial charge in [-0.15, -0.1) is 0 Å². The molecule has 0 radical (unpaired) electrons. The van der Waals surface area contributed by atoms with Crippen LogP contribution in [-0.2, 0) is 5.60 Å². The zero-order valence-corrected chi connectivity index (χ0v) is 8.60. The first-order valence-corrected chi connectivity index (χ1v) is 4.47. The van der Waals surface area contributed by atoms with Gasteiger partial charge in [-0.2, -0.15) is 0 Å². The van der Waals surface area contributed by atoms with Gasteiger partial charge in [-0.1, -0.05) is 36.4 Å². The molecule has 0 bridgehead atoms. The average Bonchev–Trinajstić information content (AvgIpc) is 2.04. The Morgan fingerprint density at radius 3 is 2.46 bits per heavy atom. The van der Waals surface area contributed by atoms with Crippen LogP contribution in [0.4, 0.5) is 0 Å². The van der Waals surface area contributed by atoms with Gasteiger partial charge in [-0.05, 0) is 25.5 Å². The lowest BCUT2D eigenvalue weighted by molar-refractivity contribution is 0.0982. The summed E-state index contributed by atoms with van der Waals surface area (Å²) in [6.45, 7) is 7.21. The van der Waals surface area contributed by atoms with E-state index < -0.39 is 5.60 Å². The molecule has 0 amide bonds. The van der Waals surface area contributed by atoms with Crippen molar-refractivity contribution < 1.29 is 5.11 Å². The predicted octanol–water partition coefficient (Wildman–Crippen LogP) is 3.12. The topological polar surface area (TPSA) is 20.2 Å².